The van der Waals surface area contributed by atoms with Crippen LogP contribution in [-0.2, 0) is 10.3 Å². The van der Waals surface area contributed by atoms with E-state index in [1.807, 2.05) is 18.5 Å². The van der Waals surface area contributed by atoms with Gasteiger partial charge in [0.1, 0.15) is 0 Å². The van der Waals surface area contributed by atoms with E-state index in [1.165, 1.54) is 0 Å². The Hall–Kier alpha value is -1.01. The maximum atomic E-state index is 5.83. The Labute approximate surface area is 88.8 Å². The third-order valence-corrected chi connectivity index (χ3v) is 3.24. The Morgan fingerprint density at radius 1 is 1.67 bits per heavy atom. The molecule has 3 unspecified atom stereocenters. The largest absolute Gasteiger partial charge is 0.376 e. The molecule has 0 aromatic carbocycles. The topological polar surface area (TPSA) is 78.9 Å². The van der Waals surface area contributed by atoms with Gasteiger partial charge in [0.15, 0.2) is 5.82 Å². The minimum absolute atomic E-state index is 0.110. The molecule has 1 aromatic heterocycles. The van der Waals surface area contributed by atoms with Crippen LogP contribution >= 0.6 is 0 Å². The van der Waals surface area contributed by atoms with Gasteiger partial charge in [-0.25, -0.2) is 4.68 Å². The van der Waals surface area contributed by atoms with Crippen LogP contribution < -0.4 is 5.73 Å². The minimum atomic E-state index is -0.174. The van der Waals surface area contributed by atoms with Gasteiger partial charge in [0.05, 0.1) is 17.7 Å². The lowest BCUT2D eigenvalue weighted by atomic mass is 9.94. The predicted octanol–water partition coefficient (Wildman–Crippen LogP) is 0.217. The summed E-state index contributed by atoms with van der Waals surface area (Å²) < 4.78 is 7.38. The van der Waals surface area contributed by atoms with Gasteiger partial charge in [0.2, 0.25) is 0 Å². The first-order valence-corrected chi connectivity index (χ1v) is 5.21. The van der Waals surface area contributed by atoms with Crippen LogP contribution in [-0.4, -0.2) is 32.9 Å². The van der Waals surface area contributed by atoms with E-state index in [1.54, 1.807) is 0 Å². The molecule has 15 heavy (non-hydrogen) atoms. The first-order chi connectivity index (χ1) is 7.05. The molecule has 6 nitrogen and oxygen atoms in total. The second-order valence-corrected chi connectivity index (χ2v) is 4.36. The molecule has 2 rings (SSSR count). The lowest BCUT2D eigenvalue weighted by Crippen LogP contribution is -2.39. The zero-order valence-corrected chi connectivity index (χ0v) is 9.34. The fraction of sp³-hybridized carbons (Fsp3) is 0.889. The highest BCUT2D eigenvalue weighted by molar-refractivity contribution is 4.99. The van der Waals surface area contributed by atoms with E-state index in [0.29, 0.717) is 0 Å². The number of aromatic nitrogens is 4. The van der Waals surface area contributed by atoms with Gasteiger partial charge >= 0.3 is 0 Å². The quantitative estimate of drug-likeness (QED) is 0.756. The van der Waals surface area contributed by atoms with Crippen molar-refractivity contribution in [1.82, 2.24) is 20.2 Å². The molecule has 0 spiro atoms. The van der Waals surface area contributed by atoms with E-state index in [-0.39, 0.29) is 17.7 Å². The van der Waals surface area contributed by atoms with E-state index < -0.39 is 0 Å². The lowest BCUT2D eigenvalue weighted by Gasteiger charge is -2.28. The van der Waals surface area contributed by atoms with Crippen LogP contribution in [0.3, 0.4) is 0 Å². The van der Waals surface area contributed by atoms with Crippen LogP contribution in [0.5, 0.6) is 0 Å². The van der Waals surface area contributed by atoms with Gasteiger partial charge < -0.3 is 10.5 Å². The molecule has 0 amide bonds. The summed E-state index contributed by atoms with van der Waals surface area (Å²) in [6.45, 7) is 6.77. The minimum Gasteiger partial charge on any atom is -0.376 e. The summed E-state index contributed by atoms with van der Waals surface area (Å²) in [5.74, 6) is 0.717. The molecule has 0 aliphatic carbocycles. The number of nitrogens with zero attached hydrogens (tertiary/aromatic N) is 4. The fourth-order valence-corrected chi connectivity index (χ4v) is 1.95. The van der Waals surface area contributed by atoms with Crippen LogP contribution in [0.1, 0.15) is 39.1 Å². The third kappa shape index (κ3) is 1.53. The van der Waals surface area contributed by atoms with Crippen molar-refractivity contribution in [3.8, 4) is 0 Å². The average Bonchev–Trinajstić information content (AvgIpc) is 2.75. The Bertz CT molecular complexity index is 350. The van der Waals surface area contributed by atoms with Crippen molar-refractivity contribution >= 4 is 0 Å². The Kier molecular flexibility index (Phi) is 2.47. The first kappa shape index (κ1) is 10.5. The monoisotopic (exact) mass is 211 g/mol. The van der Waals surface area contributed by atoms with Gasteiger partial charge in [-0.3, -0.25) is 0 Å². The molecular formula is C9H17N5O. The summed E-state index contributed by atoms with van der Waals surface area (Å²) in [5.41, 5.74) is 5.65. The van der Waals surface area contributed by atoms with Crippen molar-refractivity contribution in [2.24, 2.45) is 5.73 Å². The molecule has 1 aromatic rings. The smallest absolute Gasteiger partial charge is 0.168 e. The first-order valence-electron chi connectivity index (χ1n) is 5.21. The maximum absolute atomic E-state index is 5.83. The Morgan fingerprint density at radius 2 is 2.40 bits per heavy atom. The molecule has 1 aliphatic heterocycles. The molecule has 1 fully saturated rings. The maximum Gasteiger partial charge on any atom is 0.168 e. The molecule has 1 saturated heterocycles. The molecule has 0 radical (unpaired) electrons. The molecule has 6 heteroatoms. The zero-order chi connectivity index (χ0) is 11.1. The number of hydrogen-bond acceptors (Lipinski definition) is 5. The highest BCUT2D eigenvalue weighted by Crippen LogP contribution is 2.33. The van der Waals surface area contributed by atoms with Crippen LogP contribution in [0.25, 0.3) is 0 Å². The van der Waals surface area contributed by atoms with Crippen LogP contribution in [0.15, 0.2) is 0 Å². The van der Waals surface area contributed by atoms with E-state index in [2.05, 4.69) is 22.4 Å². The van der Waals surface area contributed by atoms with E-state index >= 15 is 0 Å². The molecule has 0 bridgehead atoms. The van der Waals surface area contributed by atoms with Crippen molar-refractivity contribution in [2.75, 3.05) is 6.61 Å². The van der Waals surface area contributed by atoms with Crippen LogP contribution in [0.2, 0.25) is 0 Å². The van der Waals surface area contributed by atoms with E-state index in [9.17, 15) is 0 Å². The normalized spacial score (nSPS) is 33.2. The van der Waals surface area contributed by atoms with Gasteiger partial charge in [-0.05, 0) is 37.6 Å². The molecule has 0 saturated carbocycles. The van der Waals surface area contributed by atoms with Crippen molar-refractivity contribution in [3.05, 3.63) is 5.82 Å². The number of ether oxygens (including phenoxy) is 1. The summed E-state index contributed by atoms with van der Waals surface area (Å²) >= 11 is 0. The van der Waals surface area contributed by atoms with Gasteiger partial charge in [-0.1, -0.05) is 0 Å². The van der Waals surface area contributed by atoms with Crippen molar-refractivity contribution in [2.45, 2.75) is 44.9 Å². The number of rotatable bonds is 2. The molecule has 3 atom stereocenters. The van der Waals surface area contributed by atoms with Gasteiger partial charge in [0, 0.05) is 6.61 Å². The molecule has 2 heterocycles. The Balaban J connectivity index is 2.40. The summed E-state index contributed by atoms with van der Waals surface area (Å²) in [6.07, 6.45) is 1.03. The lowest BCUT2D eigenvalue weighted by molar-refractivity contribution is 0.0680. The van der Waals surface area contributed by atoms with Gasteiger partial charge in [0.25, 0.3) is 0 Å². The highest BCUT2D eigenvalue weighted by atomic mass is 16.5. The number of nitrogens with two attached hydrogens (primary N) is 1. The fourth-order valence-electron chi connectivity index (χ4n) is 1.95. The Morgan fingerprint density at radius 3 is 2.93 bits per heavy atom. The third-order valence-electron chi connectivity index (χ3n) is 3.24. The average molecular weight is 211 g/mol. The van der Waals surface area contributed by atoms with Gasteiger partial charge in [-0.2, -0.15) is 0 Å². The van der Waals surface area contributed by atoms with Gasteiger partial charge in [-0.15, -0.1) is 5.10 Å². The van der Waals surface area contributed by atoms with Crippen molar-refractivity contribution in [3.63, 3.8) is 0 Å². The molecule has 84 valence electrons. The van der Waals surface area contributed by atoms with Crippen molar-refractivity contribution in [1.29, 1.82) is 0 Å². The van der Waals surface area contributed by atoms with Crippen molar-refractivity contribution < 1.29 is 4.74 Å². The summed E-state index contributed by atoms with van der Waals surface area (Å²) in [4.78, 5) is 0. The summed E-state index contributed by atoms with van der Waals surface area (Å²) in [7, 11) is 0. The number of hydrogen-bond donors (Lipinski definition) is 1. The standard InChI is InChI=1S/C9H17N5O/c1-6(10)8-11-12-13-14(8)9(3)4-5-15-7(9)2/h6-7H,4-5,10H2,1-3H3. The second-order valence-electron chi connectivity index (χ2n) is 4.36. The summed E-state index contributed by atoms with van der Waals surface area (Å²) in [5, 5.41) is 11.7. The SMILES string of the molecule is CC(N)c1nnnn1C1(C)CCOC1C. The molecule has 2 N–H and O–H groups in total. The zero-order valence-electron chi connectivity index (χ0n) is 9.34. The highest BCUT2D eigenvalue weighted by Gasteiger charge is 2.41. The predicted molar refractivity (Wildman–Crippen MR) is 54.1 cm³/mol. The molecular weight excluding hydrogens is 194 g/mol. The number of tetrazole rings is 1. The summed E-state index contributed by atoms with van der Waals surface area (Å²) in [6, 6.07) is -0.162. The van der Waals surface area contributed by atoms with E-state index in [4.69, 9.17) is 10.5 Å². The van der Waals surface area contributed by atoms with Crippen LogP contribution in [0.4, 0.5) is 0 Å². The second kappa shape index (κ2) is 3.53. The molecule has 1 aliphatic rings. The van der Waals surface area contributed by atoms with Crippen LogP contribution in [0, 0.1) is 0 Å². The van der Waals surface area contributed by atoms with E-state index in [0.717, 1.165) is 18.9 Å².